The van der Waals surface area contributed by atoms with Gasteiger partial charge in [-0.15, -0.1) is 8.78 Å². The lowest BCUT2D eigenvalue weighted by molar-refractivity contribution is -0.286. The first-order valence-corrected chi connectivity index (χ1v) is 15.8. The van der Waals surface area contributed by atoms with Crippen LogP contribution in [-0.2, 0) is 16.6 Å². The van der Waals surface area contributed by atoms with Crippen molar-refractivity contribution in [1.29, 1.82) is 0 Å². The highest BCUT2D eigenvalue weighted by atomic mass is 19.3. The molecule has 4 heterocycles. The van der Waals surface area contributed by atoms with E-state index >= 15 is 0 Å². The topological polar surface area (TPSA) is 137 Å². The van der Waals surface area contributed by atoms with Crippen molar-refractivity contribution in [3.8, 4) is 28.7 Å². The molecule has 5 atom stereocenters. The number of aliphatic hydroxyl groups excluding tert-OH is 1. The van der Waals surface area contributed by atoms with E-state index in [1.807, 2.05) is 30.3 Å². The lowest BCUT2D eigenvalue weighted by Crippen LogP contribution is -2.46. The van der Waals surface area contributed by atoms with Crippen LogP contribution in [0, 0.1) is 0 Å². The number of hydrogen-bond acceptors (Lipinski definition) is 9. The Labute approximate surface area is 279 Å². The fraction of sp³-hybridized carbons (Fsp3) is 0.306. The summed E-state index contributed by atoms with van der Waals surface area (Å²) in [7, 11) is 1.54. The van der Waals surface area contributed by atoms with Crippen LogP contribution in [-0.4, -0.2) is 48.0 Å². The van der Waals surface area contributed by atoms with Gasteiger partial charge in [0.05, 0.1) is 36.6 Å². The molecule has 0 saturated carbocycles. The Morgan fingerprint density at radius 3 is 2.53 bits per heavy atom. The molecule has 0 bridgehead atoms. The fourth-order valence-corrected chi connectivity index (χ4v) is 6.93. The van der Waals surface area contributed by atoms with Crippen LogP contribution in [0.2, 0.25) is 0 Å². The van der Waals surface area contributed by atoms with Crippen molar-refractivity contribution in [2.24, 2.45) is 0 Å². The standard InChI is InChI=1S/C36H31F2N3O8/c1-35(17-46-28-15-31-30(13-23(28)35)48-36(37,38)49-31)34(44)40-25-14-29(47-27-12-20(45-2)8-9-22(25)27)24-10-7-19(16-39-24)33(43)41-32-21-6-4-3-5-18(21)11-26(32)42/h3-10,12-13,15-16,25-26,29,32,42H,11,14,17H2,1-2H3,(H,40,44)(H,41,43)/t25-,26?,29-,32?,35+/m1/s1. The molecule has 252 valence electrons. The third-order valence-corrected chi connectivity index (χ3v) is 9.60. The van der Waals surface area contributed by atoms with Gasteiger partial charge in [-0.05, 0) is 48.4 Å². The van der Waals surface area contributed by atoms with Crippen LogP contribution in [0.25, 0.3) is 0 Å². The lowest BCUT2D eigenvalue weighted by Gasteiger charge is -2.34. The number of methoxy groups -OCH3 is 1. The summed E-state index contributed by atoms with van der Waals surface area (Å²) in [6, 6.07) is 17.9. The van der Waals surface area contributed by atoms with Crippen molar-refractivity contribution in [2.45, 2.75) is 55.8 Å². The number of pyridine rings is 1. The Hall–Kier alpha value is -5.43. The molecule has 0 spiro atoms. The van der Waals surface area contributed by atoms with Crippen LogP contribution in [0.5, 0.6) is 28.7 Å². The lowest BCUT2D eigenvalue weighted by atomic mass is 9.82. The predicted octanol–water partition coefficient (Wildman–Crippen LogP) is 4.83. The molecular weight excluding hydrogens is 640 g/mol. The Morgan fingerprint density at radius 2 is 1.76 bits per heavy atom. The first-order chi connectivity index (χ1) is 23.5. The van der Waals surface area contributed by atoms with Gasteiger partial charge in [0.1, 0.15) is 35.4 Å². The van der Waals surface area contributed by atoms with Crippen LogP contribution < -0.4 is 34.3 Å². The van der Waals surface area contributed by atoms with Crippen molar-refractivity contribution < 1.29 is 47.2 Å². The van der Waals surface area contributed by atoms with Crippen molar-refractivity contribution in [2.75, 3.05) is 13.7 Å². The quantitative estimate of drug-likeness (QED) is 0.263. The van der Waals surface area contributed by atoms with Gasteiger partial charge in [0.25, 0.3) is 5.91 Å². The molecule has 0 saturated heterocycles. The monoisotopic (exact) mass is 671 g/mol. The average Bonchev–Trinajstić information content (AvgIpc) is 3.71. The summed E-state index contributed by atoms with van der Waals surface area (Å²) in [5.74, 6) is 0.191. The Bertz CT molecular complexity index is 1990. The van der Waals surface area contributed by atoms with E-state index in [1.165, 1.54) is 25.4 Å². The van der Waals surface area contributed by atoms with Gasteiger partial charge in [0.2, 0.25) is 5.91 Å². The number of halogens is 2. The van der Waals surface area contributed by atoms with Crippen molar-refractivity contribution >= 4 is 11.8 Å². The molecule has 13 heteroatoms. The number of amides is 2. The highest BCUT2D eigenvalue weighted by molar-refractivity contribution is 5.94. The fourth-order valence-electron chi connectivity index (χ4n) is 6.93. The van der Waals surface area contributed by atoms with Crippen LogP contribution in [0.1, 0.15) is 69.8 Å². The van der Waals surface area contributed by atoms with Gasteiger partial charge in [-0.2, -0.15) is 0 Å². The zero-order valence-corrected chi connectivity index (χ0v) is 26.4. The molecule has 8 rings (SSSR count). The number of aliphatic hydroxyl groups is 1. The summed E-state index contributed by atoms with van der Waals surface area (Å²) in [4.78, 5) is 31.7. The number of rotatable bonds is 6. The van der Waals surface area contributed by atoms with Gasteiger partial charge in [0.15, 0.2) is 11.5 Å². The Morgan fingerprint density at radius 1 is 0.959 bits per heavy atom. The number of carbonyl (C=O) groups excluding carboxylic acids is 2. The van der Waals surface area contributed by atoms with Gasteiger partial charge in [-0.25, -0.2) is 0 Å². The van der Waals surface area contributed by atoms with Gasteiger partial charge in [-0.3, -0.25) is 14.6 Å². The molecule has 4 aromatic rings. The summed E-state index contributed by atoms with van der Waals surface area (Å²) in [6.45, 7) is 1.65. The van der Waals surface area contributed by atoms with Crippen molar-refractivity contribution in [3.05, 3.63) is 106 Å². The van der Waals surface area contributed by atoms with E-state index in [9.17, 15) is 23.5 Å². The summed E-state index contributed by atoms with van der Waals surface area (Å²) < 4.78 is 54.2. The molecule has 3 aromatic carbocycles. The third-order valence-electron chi connectivity index (χ3n) is 9.60. The highest BCUT2D eigenvalue weighted by Gasteiger charge is 2.49. The number of benzene rings is 3. The summed E-state index contributed by atoms with van der Waals surface area (Å²) in [5.41, 5.74) is 2.61. The van der Waals surface area contributed by atoms with Crippen LogP contribution in [0.15, 0.2) is 72.9 Å². The smallest absolute Gasteiger partial charge is 0.497 e. The van der Waals surface area contributed by atoms with E-state index < -0.39 is 36.0 Å². The Kier molecular flexibility index (Phi) is 7.14. The Balaban J connectivity index is 1.02. The zero-order valence-electron chi connectivity index (χ0n) is 26.4. The summed E-state index contributed by atoms with van der Waals surface area (Å²) in [5, 5.41) is 16.6. The van der Waals surface area contributed by atoms with E-state index in [2.05, 4.69) is 25.1 Å². The molecule has 11 nitrogen and oxygen atoms in total. The zero-order chi connectivity index (χ0) is 34.1. The number of alkyl halides is 2. The van der Waals surface area contributed by atoms with Crippen molar-refractivity contribution in [3.63, 3.8) is 0 Å². The number of nitrogens with zero attached hydrogens (tertiary/aromatic N) is 1. The van der Waals surface area contributed by atoms with Crippen molar-refractivity contribution in [1.82, 2.24) is 15.6 Å². The number of fused-ring (bicyclic) bond motifs is 4. The van der Waals surface area contributed by atoms with E-state index in [0.29, 0.717) is 46.7 Å². The van der Waals surface area contributed by atoms with Gasteiger partial charge in [0, 0.05) is 42.3 Å². The molecule has 2 unspecified atom stereocenters. The van der Waals surface area contributed by atoms with Crippen LogP contribution >= 0.6 is 0 Å². The normalized spacial score (nSPS) is 25.2. The van der Waals surface area contributed by atoms with Gasteiger partial charge < -0.3 is 39.4 Å². The molecular formula is C36H31F2N3O8. The van der Waals surface area contributed by atoms with E-state index in [4.69, 9.17) is 14.2 Å². The maximum absolute atomic E-state index is 14.0. The molecule has 4 aliphatic rings. The number of hydrogen-bond donors (Lipinski definition) is 3. The molecule has 49 heavy (non-hydrogen) atoms. The molecule has 3 N–H and O–H groups in total. The molecule has 1 aliphatic carbocycles. The first kappa shape index (κ1) is 30.9. The summed E-state index contributed by atoms with van der Waals surface area (Å²) >= 11 is 0. The highest BCUT2D eigenvalue weighted by Crippen LogP contribution is 2.50. The van der Waals surface area contributed by atoms with E-state index in [-0.39, 0.29) is 35.7 Å². The summed E-state index contributed by atoms with van der Waals surface area (Å²) in [6.07, 6.45) is -2.93. The largest absolute Gasteiger partial charge is 0.586 e. The minimum atomic E-state index is -3.81. The number of nitrogens with one attached hydrogen (secondary N) is 2. The maximum atomic E-state index is 14.0. The van der Waals surface area contributed by atoms with Gasteiger partial charge in [-0.1, -0.05) is 24.3 Å². The molecule has 3 aliphatic heterocycles. The molecule has 0 fully saturated rings. The predicted molar refractivity (Wildman–Crippen MR) is 168 cm³/mol. The number of aromatic nitrogens is 1. The third kappa shape index (κ3) is 5.34. The first-order valence-electron chi connectivity index (χ1n) is 15.8. The van der Waals surface area contributed by atoms with E-state index in [1.54, 1.807) is 31.2 Å². The second-order valence-corrected chi connectivity index (χ2v) is 12.7. The second kappa shape index (κ2) is 11.3. The van der Waals surface area contributed by atoms with Gasteiger partial charge >= 0.3 is 6.29 Å². The molecule has 0 radical (unpaired) electrons. The van der Waals surface area contributed by atoms with Crippen LogP contribution in [0.3, 0.4) is 0 Å². The minimum absolute atomic E-state index is 0.0237. The second-order valence-electron chi connectivity index (χ2n) is 12.7. The average molecular weight is 672 g/mol. The minimum Gasteiger partial charge on any atom is -0.497 e. The van der Waals surface area contributed by atoms with E-state index in [0.717, 1.165) is 11.1 Å². The number of carbonyl (C=O) groups is 2. The molecule has 1 aromatic heterocycles. The molecule has 2 amide bonds. The van der Waals surface area contributed by atoms with Crippen LogP contribution in [0.4, 0.5) is 8.78 Å². The number of ether oxygens (including phenoxy) is 5. The SMILES string of the molecule is COc1ccc2c(c1)O[C@@H](c1ccc(C(=O)NC3c4ccccc4CC3O)cn1)C[C@H]2NC(=O)[C@@]1(C)COc2cc3c(cc21)OC(F)(F)O3. The maximum Gasteiger partial charge on any atom is 0.586 e.